The molecule has 1 N–H and O–H groups in total. The molecule has 1 atom stereocenters. The summed E-state index contributed by atoms with van der Waals surface area (Å²) in [6.07, 6.45) is 5.23. The highest BCUT2D eigenvalue weighted by Crippen LogP contribution is 2.32. The molecule has 5 nitrogen and oxygen atoms in total. The fraction of sp³-hybridized carbons (Fsp3) is 0.652. The molecule has 1 aromatic carbocycles. The van der Waals surface area contributed by atoms with E-state index in [1.165, 1.54) is 18.4 Å². The van der Waals surface area contributed by atoms with Crippen LogP contribution < -0.4 is 5.32 Å². The average Bonchev–Trinajstić information content (AvgIpc) is 3.22. The second-order valence-corrected chi connectivity index (χ2v) is 8.53. The summed E-state index contributed by atoms with van der Waals surface area (Å²) in [7, 11) is 0. The number of rotatable bonds is 6. The maximum absolute atomic E-state index is 13.3. The van der Waals surface area contributed by atoms with Gasteiger partial charge in [0.15, 0.2) is 0 Å². The zero-order valence-corrected chi connectivity index (χ0v) is 17.6. The topological polar surface area (TPSA) is 52.7 Å². The Morgan fingerprint density at radius 2 is 1.64 bits per heavy atom. The number of amides is 2. The summed E-state index contributed by atoms with van der Waals surface area (Å²) in [4.78, 5) is 29.5. The van der Waals surface area contributed by atoms with Crippen LogP contribution in [0.3, 0.4) is 0 Å². The molecule has 1 saturated carbocycles. The van der Waals surface area contributed by atoms with E-state index >= 15 is 0 Å². The molecule has 0 aromatic heterocycles. The molecule has 2 aliphatic rings. The first-order chi connectivity index (χ1) is 13.5. The lowest BCUT2D eigenvalue weighted by Gasteiger charge is -2.40. The highest BCUT2D eigenvalue weighted by molar-refractivity contribution is 5.95. The van der Waals surface area contributed by atoms with E-state index in [4.69, 9.17) is 0 Å². The Morgan fingerprint density at radius 3 is 2.18 bits per heavy atom. The molecule has 1 heterocycles. The third-order valence-electron chi connectivity index (χ3n) is 6.32. The molecule has 0 bridgehead atoms. The molecule has 2 fully saturated rings. The van der Waals surface area contributed by atoms with Gasteiger partial charge in [0.1, 0.15) is 0 Å². The number of piperazine rings is 1. The summed E-state index contributed by atoms with van der Waals surface area (Å²) in [5.74, 6) is 1.23. The fourth-order valence-corrected chi connectivity index (χ4v) is 4.59. The predicted molar refractivity (Wildman–Crippen MR) is 113 cm³/mol. The minimum absolute atomic E-state index is 0.0915. The van der Waals surface area contributed by atoms with Crippen molar-refractivity contribution < 1.29 is 9.59 Å². The first-order valence-electron chi connectivity index (χ1n) is 10.9. The van der Waals surface area contributed by atoms with Crippen LogP contribution in [-0.2, 0) is 9.59 Å². The van der Waals surface area contributed by atoms with Crippen molar-refractivity contribution in [1.82, 2.24) is 9.80 Å². The first-order valence-corrected chi connectivity index (χ1v) is 10.9. The molecule has 1 aliphatic carbocycles. The summed E-state index contributed by atoms with van der Waals surface area (Å²) in [5, 5.41) is 3.17. The molecule has 1 saturated heterocycles. The maximum atomic E-state index is 13.3. The molecule has 3 rings (SSSR count). The van der Waals surface area contributed by atoms with E-state index in [-0.39, 0.29) is 17.9 Å². The Balaban J connectivity index is 1.67. The lowest BCUT2D eigenvalue weighted by molar-refractivity contribution is -0.134. The van der Waals surface area contributed by atoms with Crippen LogP contribution in [-0.4, -0.2) is 53.8 Å². The van der Waals surface area contributed by atoms with E-state index in [0.29, 0.717) is 18.3 Å². The molecule has 0 unspecified atom stereocenters. The van der Waals surface area contributed by atoms with Crippen LogP contribution in [0, 0.1) is 5.92 Å². The van der Waals surface area contributed by atoms with Crippen LogP contribution in [0.5, 0.6) is 0 Å². The number of nitrogens with one attached hydrogen (secondary N) is 1. The van der Waals surface area contributed by atoms with Crippen LogP contribution in [0.1, 0.15) is 64.4 Å². The van der Waals surface area contributed by atoms with Gasteiger partial charge in [-0.3, -0.25) is 14.5 Å². The molecule has 5 heteroatoms. The van der Waals surface area contributed by atoms with Gasteiger partial charge in [-0.1, -0.05) is 45.7 Å². The Bertz CT molecular complexity index is 657. The van der Waals surface area contributed by atoms with Crippen molar-refractivity contribution in [1.29, 1.82) is 0 Å². The largest absolute Gasteiger partial charge is 0.340 e. The summed E-state index contributed by atoms with van der Waals surface area (Å²) in [6.45, 7) is 9.28. The zero-order valence-electron chi connectivity index (χ0n) is 17.6. The molecular formula is C23H35N3O2. The quantitative estimate of drug-likeness (QED) is 0.809. The van der Waals surface area contributed by atoms with Crippen LogP contribution in [0.25, 0.3) is 0 Å². The van der Waals surface area contributed by atoms with Crippen LogP contribution >= 0.6 is 0 Å². The highest BCUT2D eigenvalue weighted by atomic mass is 16.2. The van der Waals surface area contributed by atoms with Crippen molar-refractivity contribution in [2.45, 2.75) is 64.8 Å². The smallest absolute Gasteiger partial charge is 0.242 e. The molecule has 1 aliphatic heterocycles. The zero-order chi connectivity index (χ0) is 20.1. The number of hydrogen-bond donors (Lipinski definition) is 1. The number of nitrogens with zero attached hydrogens (tertiary/aromatic N) is 2. The van der Waals surface area contributed by atoms with Gasteiger partial charge in [0.05, 0.1) is 6.04 Å². The average molecular weight is 386 g/mol. The number of carbonyl (C=O) groups excluding carboxylic acids is 2. The highest BCUT2D eigenvalue weighted by Gasteiger charge is 2.37. The van der Waals surface area contributed by atoms with Gasteiger partial charge in [0.2, 0.25) is 11.8 Å². The minimum Gasteiger partial charge on any atom is -0.340 e. The van der Waals surface area contributed by atoms with E-state index in [1.54, 1.807) is 0 Å². The van der Waals surface area contributed by atoms with Crippen molar-refractivity contribution in [3.63, 3.8) is 0 Å². The minimum atomic E-state index is -0.0915. The number of benzene rings is 1. The van der Waals surface area contributed by atoms with E-state index in [0.717, 1.165) is 44.7 Å². The van der Waals surface area contributed by atoms with Gasteiger partial charge < -0.3 is 10.2 Å². The number of anilines is 1. The Kier molecular flexibility index (Phi) is 7.11. The van der Waals surface area contributed by atoms with E-state index in [1.807, 2.05) is 24.0 Å². The van der Waals surface area contributed by atoms with E-state index in [2.05, 4.69) is 36.2 Å². The third-order valence-corrected chi connectivity index (χ3v) is 6.32. The molecule has 0 radical (unpaired) electrons. The maximum Gasteiger partial charge on any atom is 0.242 e. The van der Waals surface area contributed by atoms with Gasteiger partial charge in [0.25, 0.3) is 0 Å². The normalized spacial score (nSPS) is 19.8. The number of carbonyl (C=O) groups is 2. The van der Waals surface area contributed by atoms with Crippen molar-refractivity contribution in [2.75, 3.05) is 31.5 Å². The predicted octanol–water partition coefficient (Wildman–Crippen LogP) is 3.86. The van der Waals surface area contributed by atoms with Crippen molar-refractivity contribution in [3.8, 4) is 0 Å². The third kappa shape index (κ3) is 4.93. The summed E-state index contributed by atoms with van der Waals surface area (Å²) >= 11 is 0. The lowest BCUT2D eigenvalue weighted by atomic mass is 9.94. The standard InChI is InChI=1S/C23H35N3O2/c1-4-21(27)25-13-15-26(16-14-25)22(19-7-5-6-8-19)23(28)24-20-11-9-18(10-12-20)17(2)3/h9-12,17,19,22H,4-8,13-16H2,1-3H3,(H,24,28)/t22-/m1/s1. The van der Waals surface area contributed by atoms with Gasteiger partial charge in [-0.15, -0.1) is 0 Å². The van der Waals surface area contributed by atoms with Gasteiger partial charge >= 0.3 is 0 Å². The lowest BCUT2D eigenvalue weighted by Crippen LogP contribution is -2.56. The van der Waals surface area contributed by atoms with E-state index < -0.39 is 0 Å². The SMILES string of the molecule is CCC(=O)N1CCN([C@@H](C(=O)Nc2ccc(C(C)C)cc2)C2CCCC2)CC1. The first kappa shape index (κ1) is 20.8. The van der Waals surface area contributed by atoms with Crippen molar-refractivity contribution in [2.24, 2.45) is 5.92 Å². The van der Waals surface area contributed by atoms with Crippen molar-refractivity contribution in [3.05, 3.63) is 29.8 Å². The Hall–Kier alpha value is -1.88. The van der Waals surface area contributed by atoms with Gasteiger partial charge in [-0.2, -0.15) is 0 Å². The van der Waals surface area contributed by atoms with Gasteiger partial charge in [-0.05, 0) is 42.4 Å². The van der Waals surface area contributed by atoms with Crippen LogP contribution in [0.15, 0.2) is 24.3 Å². The molecule has 2 amide bonds. The molecule has 154 valence electrons. The van der Waals surface area contributed by atoms with Crippen LogP contribution in [0.4, 0.5) is 5.69 Å². The molecular weight excluding hydrogens is 350 g/mol. The van der Waals surface area contributed by atoms with Crippen molar-refractivity contribution >= 4 is 17.5 Å². The Morgan fingerprint density at radius 1 is 1.04 bits per heavy atom. The Labute approximate surface area is 169 Å². The van der Waals surface area contributed by atoms with Crippen LogP contribution in [0.2, 0.25) is 0 Å². The molecule has 28 heavy (non-hydrogen) atoms. The monoisotopic (exact) mass is 385 g/mol. The number of hydrogen-bond acceptors (Lipinski definition) is 3. The molecule has 0 spiro atoms. The fourth-order valence-electron chi connectivity index (χ4n) is 4.59. The summed E-state index contributed by atoms with van der Waals surface area (Å²) in [6, 6.07) is 8.12. The second-order valence-electron chi connectivity index (χ2n) is 8.53. The summed E-state index contributed by atoms with van der Waals surface area (Å²) in [5.41, 5.74) is 2.15. The summed E-state index contributed by atoms with van der Waals surface area (Å²) < 4.78 is 0. The van der Waals surface area contributed by atoms with Gasteiger partial charge in [0, 0.05) is 38.3 Å². The van der Waals surface area contributed by atoms with Gasteiger partial charge in [-0.25, -0.2) is 0 Å². The molecule has 1 aromatic rings. The second kappa shape index (κ2) is 9.55. The van der Waals surface area contributed by atoms with E-state index in [9.17, 15) is 9.59 Å².